The normalized spacial score (nSPS) is 18.3. The molecule has 116 valence electrons. The Labute approximate surface area is 126 Å². The third kappa shape index (κ3) is 4.17. The molecule has 2 heterocycles. The minimum atomic E-state index is 0.0432. The molecular formula is C16H25N3O2. The van der Waals surface area contributed by atoms with Crippen molar-refractivity contribution in [1.29, 1.82) is 0 Å². The van der Waals surface area contributed by atoms with E-state index in [1.807, 2.05) is 4.90 Å². The smallest absolute Gasteiger partial charge is 0.257 e. The molecule has 0 bridgehead atoms. The number of carbonyl (C=O) groups is 1. The molecule has 0 aliphatic carbocycles. The highest BCUT2D eigenvalue weighted by atomic mass is 16.5. The van der Waals surface area contributed by atoms with Gasteiger partial charge in [-0.15, -0.1) is 0 Å². The molecule has 1 aromatic heterocycles. The highest BCUT2D eigenvalue weighted by molar-refractivity contribution is 5.96. The van der Waals surface area contributed by atoms with Crippen molar-refractivity contribution in [1.82, 2.24) is 15.2 Å². The highest BCUT2D eigenvalue weighted by Crippen LogP contribution is 2.20. The summed E-state index contributed by atoms with van der Waals surface area (Å²) in [6, 6.07) is 1.74. The lowest BCUT2D eigenvalue weighted by Crippen LogP contribution is -2.41. The Morgan fingerprint density at radius 2 is 2.43 bits per heavy atom. The maximum absolute atomic E-state index is 12.8. The lowest BCUT2D eigenvalue weighted by Gasteiger charge is -2.30. The van der Waals surface area contributed by atoms with E-state index in [1.54, 1.807) is 25.6 Å². The van der Waals surface area contributed by atoms with E-state index in [0.29, 0.717) is 17.2 Å². The van der Waals surface area contributed by atoms with E-state index in [0.717, 1.165) is 32.6 Å². The molecule has 1 unspecified atom stereocenters. The summed E-state index contributed by atoms with van der Waals surface area (Å²) in [6.45, 7) is 5.78. The monoisotopic (exact) mass is 291 g/mol. The molecule has 21 heavy (non-hydrogen) atoms. The summed E-state index contributed by atoms with van der Waals surface area (Å²) in [4.78, 5) is 18.8. The van der Waals surface area contributed by atoms with Crippen LogP contribution in [0.25, 0.3) is 0 Å². The average Bonchev–Trinajstić information content (AvgIpc) is 2.54. The van der Waals surface area contributed by atoms with Gasteiger partial charge in [0.1, 0.15) is 5.75 Å². The molecule has 0 aromatic carbocycles. The standard InChI is InChI=1S/C16H25N3O2/c1-3-9-19(12-13-5-4-7-17-10-13)16(20)14-6-8-18-11-15(14)21-2/h6,8,11,13,17H,3-5,7,9-10,12H2,1-2H3. The number of piperidine rings is 1. The molecule has 1 fully saturated rings. The second-order valence-electron chi connectivity index (χ2n) is 5.54. The number of ether oxygens (including phenoxy) is 1. The number of nitrogens with one attached hydrogen (secondary N) is 1. The first-order valence-corrected chi connectivity index (χ1v) is 7.74. The molecule has 1 aliphatic rings. The quantitative estimate of drug-likeness (QED) is 0.870. The third-order valence-corrected chi connectivity index (χ3v) is 3.89. The van der Waals surface area contributed by atoms with Crippen LogP contribution in [0.3, 0.4) is 0 Å². The molecule has 5 nitrogen and oxygen atoms in total. The van der Waals surface area contributed by atoms with Crippen molar-refractivity contribution in [3.63, 3.8) is 0 Å². The first-order chi connectivity index (χ1) is 10.3. The van der Waals surface area contributed by atoms with Crippen molar-refractivity contribution < 1.29 is 9.53 Å². The van der Waals surface area contributed by atoms with Crippen molar-refractivity contribution in [3.05, 3.63) is 24.0 Å². The van der Waals surface area contributed by atoms with Gasteiger partial charge in [0.15, 0.2) is 0 Å². The van der Waals surface area contributed by atoms with E-state index < -0.39 is 0 Å². The average molecular weight is 291 g/mol. The summed E-state index contributed by atoms with van der Waals surface area (Å²) in [5.41, 5.74) is 0.602. The van der Waals surface area contributed by atoms with Gasteiger partial charge < -0.3 is 15.0 Å². The van der Waals surface area contributed by atoms with Gasteiger partial charge in [-0.05, 0) is 44.3 Å². The van der Waals surface area contributed by atoms with Gasteiger partial charge in [-0.25, -0.2) is 0 Å². The molecule has 1 amide bonds. The fourth-order valence-electron chi connectivity index (χ4n) is 2.83. The third-order valence-electron chi connectivity index (χ3n) is 3.89. The van der Waals surface area contributed by atoms with Crippen molar-refractivity contribution in [2.24, 2.45) is 5.92 Å². The van der Waals surface area contributed by atoms with Gasteiger partial charge in [-0.2, -0.15) is 0 Å². The van der Waals surface area contributed by atoms with E-state index in [-0.39, 0.29) is 5.91 Å². The molecule has 5 heteroatoms. The van der Waals surface area contributed by atoms with E-state index in [9.17, 15) is 4.79 Å². The molecular weight excluding hydrogens is 266 g/mol. The van der Waals surface area contributed by atoms with Crippen LogP contribution < -0.4 is 10.1 Å². The zero-order valence-electron chi connectivity index (χ0n) is 13.0. The molecule has 0 radical (unpaired) electrons. The number of methoxy groups -OCH3 is 1. The number of amides is 1. The predicted octanol–water partition coefficient (Wildman–Crippen LogP) is 1.94. The Morgan fingerprint density at radius 1 is 1.57 bits per heavy atom. The Morgan fingerprint density at radius 3 is 3.10 bits per heavy atom. The number of aromatic nitrogens is 1. The lowest BCUT2D eigenvalue weighted by molar-refractivity contribution is 0.0715. The van der Waals surface area contributed by atoms with Crippen LogP contribution in [-0.4, -0.2) is 49.1 Å². The van der Waals surface area contributed by atoms with Gasteiger partial charge >= 0.3 is 0 Å². The van der Waals surface area contributed by atoms with Gasteiger partial charge in [-0.1, -0.05) is 6.92 Å². The van der Waals surface area contributed by atoms with Crippen LogP contribution in [0, 0.1) is 5.92 Å². The van der Waals surface area contributed by atoms with Crippen LogP contribution in [0.15, 0.2) is 18.5 Å². The Bertz CT molecular complexity index is 459. The molecule has 1 aromatic rings. The zero-order chi connectivity index (χ0) is 15.1. The van der Waals surface area contributed by atoms with E-state index >= 15 is 0 Å². The van der Waals surface area contributed by atoms with Crippen molar-refractivity contribution >= 4 is 5.91 Å². The summed E-state index contributed by atoms with van der Waals surface area (Å²) in [7, 11) is 1.57. The largest absolute Gasteiger partial charge is 0.494 e. The van der Waals surface area contributed by atoms with Gasteiger partial charge in [-0.3, -0.25) is 9.78 Å². The lowest BCUT2D eigenvalue weighted by atomic mass is 9.98. The van der Waals surface area contributed by atoms with Gasteiger partial charge in [0.05, 0.1) is 18.9 Å². The van der Waals surface area contributed by atoms with Crippen LogP contribution in [0.5, 0.6) is 5.75 Å². The zero-order valence-corrected chi connectivity index (χ0v) is 13.0. The minimum Gasteiger partial charge on any atom is -0.494 e. The first kappa shape index (κ1) is 15.8. The highest BCUT2D eigenvalue weighted by Gasteiger charge is 2.23. The van der Waals surface area contributed by atoms with Crippen molar-refractivity contribution in [2.75, 3.05) is 33.3 Å². The van der Waals surface area contributed by atoms with E-state index in [4.69, 9.17) is 4.74 Å². The summed E-state index contributed by atoms with van der Waals surface area (Å²) in [5, 5.41) is 3.41. The minimum absolute atomic E-state index is 0.0432. The summed E-state index contributed by atoms with van der Waals surface area (Å²) in [6.07, 6.45) is 6.58. The summed E-state index contributed by atoms with van der Waals surface area (Å²) >= 11 is 0. The first-order valence-electron chi connectivity index (χ1n) is 7.74. The predicted molar refractivity (Wildman–Crippen MR) is 82.6 cm³/mol. The maximum atomic E-state index is 12.8. The van der Waals surface area contributed by atoms with Gasteiger partial charge in [0.25, 0.3) is 5.91 Å². The van der Waals surface area contributed by atoms with Crippen molar-refractivity contribution in [3.8, 4) is 5.75 Å². The second-order valence-corrected chi connectivity index (χ2v) is 5.54. The van der Waals surface area contributed by atoms with Crippen LogP contribution in [-0.2, 0) is 0 Å². The Hall–Kier alpha value is -1.62. The van der Waals surface area contributed by atoms with Crippen LogP contribution in [0.4, 0.5) is 0 Å². The molecule has 0 spiro atoms. The molecule has 0 saturated carbocycles. The van der Waals surface area contributed by atoms with Crippen LogP contribution in [0.1, 0.15) is 36.5 Å². The van der Waals surface area contributed by atoms with E-state index in [1.165, 1.54) is 12.8 Å². The van der Waals surface area contributed by atoms with Crippen LogP contribution in [0.2, 0.25) is 0 Å². The fraction of sp³-hybridized carbons (Fsp3) is 0.625. The van der Waals surface area contributed by atoms with Crippen molar-refractivity contribution in [2.45, 2.75) is 26.2 Å². The number of carbonyl (C=O) groups excluding carboxylic acids is 1. The fourth-order valence-corrected chi connectivity index (χ4v) is 2.83. The Kier molecular flexibility index (Phi) is 5.99. The molecule has 2 rings (SSSR count). The van der Waals surface area contributed by atoms with E-state index in [2.05, 4.69) is 17.2 Å². The maximum Gasteiger partial charge on any atom is 0.257 e. The van der Waals surface area contributed by atoms with Gasteiger partial charge in [0.2, 0.25) is 0 Å². The topological polar surface area (TPSA) is 54.5 Å². The molecule has 1 aliphatic heterocycles. The van der Waals surface area contributed by atoms with Gasteiger partial charge in [0, 0.05) is 19.3 Å². The number of hydrogen-bond donors (Lipinski definition) is 1. The number of hydrogen-bond acceptors (Lipinski definition) is 4. The summed E-state index contributed by atoms with van der Waals surface area (Å²) < 4.78 is 5.26. The second kappa shape index (κ2) is 7.98. The molecule has 1 atom stereocenters. The van der Waals surface area contributed by atoms with Crippen LogP contribution >= 0.6 is 0 Å². The number of nitrogens with zero attached hydrogens (tertiary/aromatic N) is 2. The number of rotatable bonds is 6. The summed E-state index contributed by atoms with van der Waals surface area (Å²) in [5.74, 6) is 1.13. The SMILES string of the molecule is CCCN(CC1CCCNC1)C(=O)c1ccncc1OC. The molecule has 1 N–H and O–H groups in total. The molecule has 1 saturated heterocycles. The number of pyridine rings is 1. The Balaban J connectivity index is 2.10.